The molecule has 1 aliphatic heterocycles. The number of aliphatic hydroxyl groups is 1. The zero-order chi connectivity index (χ0) is 12.9. The van der Waals surface area contributed by atoms with Crippen LogP contribution in [0.2, 0.25) is 0 Å². The third-order valence-electron chi connectivity index (χ3n) is 4.66. The summed E-state index contributed by atoms with van der Waals surface area (Å²) in [6.45, 7) is 3.05. The molecule has 0 saturated carbocycles. The highest BCUT2D eigenvalue weighted by molar-refractivity contribution is 5.91. The van der Waals surface area contributed by atoms with Gasteiger partial charge in [0.15, 0.2) is 0 Å². The molecule has 2 aromatic rings. The van der Waals surface area contributed by atoms with Crippen molar-refractivity contribution in [3.8, 4) is 0 Å². The van der Waals surface area contributed by atoms with E-state index in [1.54, 1.807) is 0 Å². The Bertz CT molecular complexity index is 625. The third kappa shape index (κ3) is 1.71. The maximum Gasteiger partial charge on any atom is 0.107 e. The Morgan fingerprint density at radius 2 is 1.79 bits per heavy atom. The van der Waals surface area contributed by atoms with Crippen molar-refractivity contribution in [3.05, 3.63) is 47.5 Å². The first kappa shape index (κ1) is 11.4. The van der Waals surface area contributed by atoms with Gasteiger partial charge in [0.05, 0.1) is 0 Å². The summed E-state index contributed by atoms with van der Waals surface area (Å²) in [4.78, 5) is 2.41. The minimum Gasteiger partial charge on any atom is -0.383 e. The Kier molecular flexibility index (Phi) is 2.44. The van der Waals surface area contributed by atoms with Crippen LogP contribution < -0.4 is 0 Å². The second kappa shape index (κ2) is 4.06. The number of rotatable bonds is 2. The van der Waals surface area contributed by atoms with E-state index in [0.717, 1.165) is 31.6 Å². The van der Waals surface area contributed by atoms with Crippen LogP contribution in [0.5, 0.6) is 0 Å². The first-order valence-electron chi connectivity index (χ1n) is 7.22. The summed E-state index contributed by atoms with van der Waals surface area (Å²) in [5, 5.41) is 13.7. The highest BCUT2D eigenvalue weighted by atomic mass is 16.3. The van der Waals surface area contributed by atoms with Crippen molar-refractivity contribution in [2.75, 3.05) is 19.6 Å². The molecule has 1 N–H and O–H groups in total. The molecule has 19 heavy (non-hydrogen) atoms. The fourth-order valence-corrected chi connectivity index (χ4v) is 3.82. The second-order valence-electron chi connectivity index (χ2n) is 6.01. The molecule has 1 unspecified atom stereocenters. The van der Waals surface area contributed by atoms with Crippen LogP contribution in [0.1, 0.15) is 24.0 Å². The number of benzene rings is 2. The molecule has 1 heterocycles. The van der Waals surface area contributed by atoms with E-state index in [2.05, 4.69) is 41.3 Å². The molecule has 0 bridgehead atoms. The van der Waals surface area contributed by atoms with Gasteiger partial charge in [0.2, 0.25) is 0 Å². The van der Waals surface area contributed by atoms with Gasteiger partial charge in [0, 0.05) is 13.0 Å². The minimum atomic E-state index is -0.687. The largest absolute Gasteiger partial charge is 0.383 e. The molecule has 1 atom stereocenters. The van der Waals surface area contributed by atoms with Crippen molar-refractivity contribution in [2.45, 2.75) is 24.9 Å². The number of nitrogens with zero attached hydrogens (tertiary/aromatic N) is 1. The van der Waals surface area contributed by atoms with Gasteiger partial charge >= 0.3 is 0 Å². The summed E-state index contributed by atoms with van der Waals surface area (Å²) >= 11 is 0. The van der Waals surface area contributed by atoms with Crippen LogP contribution in [0.3, 0.4) is 0 Å². The molecule has 1 aliphatic carbocycles. The van der Waals surface area contributed by atoms with E-state index >= 15 is 0 Å². The van der Waals surface area contributed by atoms with Gasteiger partial charge < -0.3 is 10.0 Å². The topological polar surface area (TPSA) is 23.5 Å². The number of hydrogen-bond donors (Lipinski definition) is 1. The zero-order valence-electron chi connectivity index (χ0n) is 11.1. The SMILES string of the molecule is OC1(CN2CCCC2)Cc2cccc3cccc1c23. The first-order chi connectivity index (χ1) is 9.26. The van der Waals surface area contributed by atoms with Crippen molar-refractivity contribution in [1.29, 1.82) is 0 Å². The van der Waals surface area contributed by atoms with Crippen molar-refractivity contribution in [2.24, 2.45) is 0 Å². The lowest BCUT2D eigenvalue weighted by Gasteiger charge is -2.29. The maximum atomic E-state index is 11.1. The summed E-state index contributed by atoms with van der Waals surface area (Å²) in [6.07, 6.45) is 3.31. The highest BCUT2D eigenvalue weighted by Crippen LogP contribution is 2.41. The second-order valence-corrected chi connectivity index (χ2v) is 6.01. The molecule has 0 spiro atoms. The Labute approximate surface area is 113 Å². The van der Waals surface area contributed by atoms with Crippen molar-refractivity contribution in [1.82, 2.24) is 4.90 Å². The molecular weight excluding hydrogens is 234 g/mol. The average molecular weight is 253 g/mol. The quantitative estimate of drug-likeness (QED) is 0.889. The Balaban J connectivity index is 1.79. The normalized spacial score (nSPS) is 26.4. The summed E-state index contributed by atoms with van der Waals surface area (Å²) < 4.78 is 0. The molecule has 4 rings (SSSR count). The predicted molar refractivity (Wildman–Crippen MR) is 77.2 cm³/mol. The fraction of sp³-hybridized carbons (Fsp3) is 0.412. The van der Waals surface area contributed by atoms with E-state index in [-0.39, 0.29) is 0 Å². The maximum absolute atomic E-state index is 11.1. The first-order valence-corrected chi connectivity index (χ1v) is 7.22. The molecular formula is C17H19NO. The standard InChI is InChI=1S/C17H19NO/c19-17(12-18-9-1-2-10-18)11-14-7-3-5-13-6-4-8-15(17)16(13)14/h3-8,19H,1-2,9-12H2. The van der Waals surface area contributed by atoms with Crippen molar-refractivity contribution in [3.63, 3.8) is 0 Å². The van der Waals surface area contributed by atoms with Crippen LogP contribution in [-0.2, 0) is 12.0 Å². The zero-order valence-corrected chi connectivity index (χ0v) is 11.1. The van der Waals surface area contributed by atoms with Gasteiger partial charge in [0.25, 0.3) is 0 Å². The third-order valence-corrected chi connectivity index (χ3v) is 4.66. The van der Waals surface area contributed by atoms with Crippen molar-refractivity contribution >= 4 is 10.8 Å². The van der Waals surface area contributed by atoms with E-state index in [9.17, 15) is 5.11 Å². The number of β-amino-alcohol motifs (C(OH)–C–C–N with tert-alkyl or cyclic N) is 1. The number of hydrogen-bond acceptors (Lipinski definition) is 2. The van der Waals surface area contributed by atoms with Crippen LogP contribution in [0.15, 0.2) is 36.4 Å². The molecule has 2 nitrogen and oxygen atoms in total. The molecule has 1 fully saturated rings. The van der Waals surface area contributed by atoms with E-state index in [1.165, 1.54) is 29.2 Å². The molecule has 0 radical (unpaired) electrons. The monoisotopic (exact) mass is 253 g/mol. The van der Waals surface area contributed by atoms with Gasteiger partial charge in [-0.2, -0.15) is 0 Å². The molecule has 2 aromatic carbocycles. The van der Waals surface area contributed by atoms with Gasteiger partial charge in [0.1, 0.15) is 5.60 Å². The summed E-state index contributed by atoms with van der Waals surface area (Å²) in [7, 11) is 0. The molecule has 1 saturated heterocycles. The van der Waals surface area contributed by atoms with Crippen LogP contribution >= 0.6 is 0 Å². The molecule has 0 amide bonds. The lowest BCUT2D eigenvalue weighted by molar-refractivity contribution is 0.0109. The lowest BCUT2D eigenvalue weighted by Crippen LogP contribution is -2.39. The summed E-state index contributed by atoms with van der Waals surface area (Å²) in [5.41, 5.74) is 1.75. The van der Waals surface area contributed by atoms with Gasteiger partial charge in [-0.25, -0.2) is 0 Å². The summed E-state index contributed by atoms with van der Waals surface area (Å²) in [6, 6.07) is 12.7. The smallest absolute Gasteiger partial charge is 0.107 e. The highest BCUT2D eigenvalue weighted by Gasteiger charge is 2.39. The fourth-order valence-electron chi connectivity index (χ4n) is 3.82. The lowest BCUT2D eigenvalue weighted by atomic mass is 9.94. The van der Waals surface area contributed by atoms with E-state index in [0.29, 0.717) is 0 Å². The molecule has 98 valence electrons. The molecule has 0 aromatic heterocycles. The van der Waals surface area contributed by atoms with Crippen LogP contribution in [-0.4, -0.2) is 29.6 Å². The van der Waals surface area contributed by atoms with Gasteiger partial charge in [-0.15, -0.1) is 0 Å². The average Bonchev–Trinajstić information content (AvgIpc) is 2.99. The Morgan fingerprint density at radius 1 is 1.05 bits per heavy atom. The van der Waals surface area contributed by atoms with Gasteiger partial charge in [-0.1, -0.05) is 36.4 Å². The molecule has 2 aliphatic rings. The predicted octanol–water partition coefficient (Wildman–Crippen LogP) is 2.68. The van der Waals surface area contributed by atoms with E-state index in [1.807, 2.05) is 0 Å². The van der Waals surface area contributed by atoms with Crippen LogP contribution in [0.25, 0.3) is 10.8 Å². The van der Waals surface area contributed by atoms with Crippen LogP contribution in [0, 0.1) is 0 Å². The molecule has 2 heteroatoms. The minimum absolute atomic E-state index is 0.687. The Hall–Kier alpha value is -1.38. The van der Waals surface area contributed by atoms with E-state index < -0.39 is 5.60 Å². The Morgan fingerprint density at radius 3 is 2.58 bits per heavy atom. The number of likely N-dealkylation sites (tertiary alicyclic amines) is 1. The van der Waals surface area contributed by atoms with Gasteiger partial charge in [-0.3, -0.25) is 0 Å². The van der Waals surface area contributed by atoms with Crippen molar-refractivity contribution < 1.29 is 5.11 Å². The van der Waals surface area contributed by atoms with Crippen LogP contribution in [0.4, 0.5) is 0 Å². The van der Waals surface area contributed by atoms with Gasteiger partial charge in [-0.05, 0) is 47.8 Å². The van der Waals surface area contributed by atoms with E-state index in [4.69, 9.17) is 0 Å². The summed E-state index contributed by atoms with van der Waals surface area (Å²) in [5.74, 6) is 0.